The highest BCUT2D eigenvalue weighted by molar-refractivity contribution is 5.60. The number of rotatable bonds is 5. The van der Waals surface area contributed by atoms with Crippen molar-refractivity contribution in [2.75, 3.05) is 5.32 Å². The summed E-state index contributed by atoms with van der Waals surface area (Å²) in [6.45, 7) is 9.68. The molecule has 2 nitrogen and oxygen atoms in total. The number of nitrogens with one attached hydrogen (secondary N) is 1. The SMILES string of the molecule is CC(C)c1cccc(C(C)C)c1NCc1ccc(O)cc1. The molecule has 0 unspecified atom stereocenters. The summed E-state index contributed by atoms with van der Waals surface area (Å²) >= 11 is 0. The van der Waals surface area contributed by atoms with Gasteiger partial charge in [0.2, 0.25) is 0 Å². The van der Waals surface area contributed by atoms with E-state index in [1.165, 1.54) is 22.4 Å². The molecule has 0 spiro atoms. The van der Waals surface area contributed by atoms with Crippen molar-refractivity contribution in [2.24, 2.45) is 0 Å². The van der Waals surface area contributed by atoms with Crippen LogP contribution in [0.2, 0.25) is 0 Å². The minimum Gasteiger partial charge on any atom is -0.508 e. The van der Waals surface area contributed by atoms with Crippen molar-refractivity contribution in [3.05, 3.63) is 59.2 Å². The van der Waals surface area contributed by atoms with Crippen LogP contribution < -0.4 is 5.32 Å². The van der Waals surface area contributed by atoms with Crippen molar-refractivity contribution in [1.29, 1.82) is 0 Å². The van der Waals surface area contributed by atoms with E-state index in [1.807, 2.05) is 12.1 Å². The van der Waals surface area contributed by atoms with Crippen molar-refractivity contribution < 1.29 is 5.11 Å². The third-order valence-corrected chi connectivity index (χ3v) is 3.78. The molecule has 2 N–H and O–H groups in total. The first-order valence-electron chi connectivity index (χ1n) is 7.63. The summed E-state index contributed by atoms with van der Waals surface area (Å²) in [5.41, 5.74) is 5.15. The van der Waals surface area contributed by atoms with Gasteiger partial charge in [-0.05, 0) is 40.7 Å². The van der Waals surface area contributed by atoms with E-state index in [4.69, 9.17) is 0 Å². The summed E-state index contributed by atoms with van der Waals surface area (Å²) in [7, 11) is 0. The molecular formula is C19H25NO. The van der Waals surface area contributed by atoms with Gasteiger partial charge in [-0.1, -0.05) is 58.0 Å². The molecule has 0 atom stereocenters. The molecule has 21 heavy (non-hydrogen) atoms. The Morgan fingerprint density at radius 3 is 1.86 bits per heavy atom. The van der Waals surface area contributed by atoms with Gasteiger partial charge in [0.1, 0.15) is 5.75 Å². The van der Waals surface area contributed by atoms with Crippen LogP contribution in [0.15, 0.2) is 42.5 Å². The molecular weight excluding hydrogens is 258 g/mol. The van der Waals surface area contributed by atoms with Crippen LogP contribution in [-0.2, 0) is 6.54 Å². The van der Waals surface area contributed by atoms with Crippen LogP contribution in [0.5, 0.6) is 5.75 Å². The molecule has 0 saturated heterocycles. The summed E-state index contributed by atoms with van der Waals surface area (Å²) in [5.74, 6) is 1.29. The Bertz CT molecular complexity index is 559. The first kappa shape index (κ1) is 15.4. The lowest BCUT2D eigenvalue weighted by Crippen LogP contribution is -2.07. The largest absolute Gasteiger partial charge is 0.508 e. The molecule has 2 aromatic carbocycles. The van der Waals surface area contributed by atoms with Crippen LogP contribution in [0.4, 0.5) is 5.69 Å². The van der Waals surface area contributed by atoms with Crippen LogP contribution in [0.25, 0.3) is 0 Å². The van der Waals surface area contributed by atoms with Crippen molar-refractivity contribution in [1.82, 2.24) is 0 Å². The molecule has 2 aromatic rings. The first-order chi connectivity index (χ1) is 9.99. The fourth-order valence-electron chi connectivity index (χ4n) is 2.56. The number of phenols is 1. The highest BCUT2D eigenvalue weighted by atomic mass is 16.3. The Morgan fingerprint density at radius 2 is 1.38 bits per heavy atom. The van der Waals surface area contributed by atoms with Gasteiger partial charge in [-0.25, -0.2) is 0 Å². The van der Waals surface area contributed by atoms with Gasteiger partial charge < -0.3 is 10.4 Å². The molecule has 0 aliphatic rings. The van der Waals surface area contributed by atoms with Crippen LogP contribution in [0, 0.1) is 0 Å². The zero-order chi connectivity index (χ0) is 15.4. The van der Waals surface area contributed by atoms with E-state index in [1.54, 1.807) is 12.1 Å². The monoisotopic (exact) mass is 283 g/mol. The summed E-state index contributed by atoms with van der Waals surface area (Å²) < 4.78 is 0. The maximum Gasteiger partial charge on any atom is 0.115 e. The third-order valence-electron chi connectivity index (χ3n) is 3.78. The second-order valence-corrected chi connectivity index (χ2v) is 6.14. The Labute approximate surface area is 127 Å². The summed E-state index contributed by atoms with van der Waals surface area (Å²) in [6.07, 6.45) is 0. The molecule has 0 aromatic heterocycles. The van der Waals surface area contributed by atoms with Gasteiger partial charge in [0, 0.05) is 12.2 Å². The van der Waals surface area contributed by atoms with E-state index >= 15 is 0 Å². The van der Waals surface area contributed by atoms with E-state index in [9.17, 15) is 5.11 Å². The molecule has 2 rings (SSSR count). The van der Waals surface area contributed by atoms with Gasteiger partial charge in [0.15, 0.2) is 0 Å². The van der Waals surface area contributed by atoms with Gasteiger partial charge in [0.25, 0.3) is 0 Å². The molecule has 0 heterocycles. The smallest absolute Gasteiger partial charge is 0.115 e. The highest BCUT2D eigenvalue weighted by Crippen LogP contribution is 2.32. The molecule has 112 valence electrons. The molecule has 2 heteroatoms. The highest BCUT2D eigenvalue weighted by Gasteiger charge is 2.13. The minimum absolute atomic E-state index is 0.309. The van der Waals surface area contributed by atoms with Crippen molar-refractivity contribution in [2.45, 2.75) is 46.1 Å². The quantitative estimate of drug-likeness (QED) is 0.785. The average molecular weight is 283 g/mol. The summed E-state index contributed by atoms with van der Waals surface area (Å²) in [5, 5.41) is 13.0. The lowest BCUT2D eigenvalue weighted by atomic mass is 9.92. The maximum absolute atomic E-state index is 9.36. The Kier molecular flexibility index (Phi) is 4.89. The minimum atomic E-state index is 0.309. The molecule has 0 bridgehead atoms. The Hall–Kier alpha value is -1.96. The Balaban J connectivity index is 2.26. The van der Waals surface area contributed by atoms with Crippen LogP contribution >= 0.6 is 0 Å². The van der Waals surface area contributed by atoms with Gasteiger partial charge in [-0.15, -0.1) is 0 Å². The van der Waals surface area contributed by atoms with Crippen LogP contribution in [0.1, 0.15) is 56.2 Å². The number of phenolic OH excluding ortho intramolecular Hbond substituents is 1. The normalized spacial score (nSPS) is 11.1. The Morgan fingerprint density at radius 1 is 0.857 bits per heavy atom. The van der Waals surface area contributed by atoms with Crippen molar-refractivity contribution >= 4 is 5.69 Å². The zero-order valence-corrected chi connectivity index (χ0v) is 13.4. The molecule has 0 radical (unpaired) electrons. The molecule has 0 fully saturated rings. The van der Waals surface area contributed by atoms with Crippen molar-refractivity contribution in [3.63, 3.8) is 0 Å². The van der Waals surface area contributed by atoms with E-state index in [2.05, 4.69) is 51.2 Å². The number of para-hydroxylation sites is 1. The lowest BCUT2D eigenvalue weighted by molar-refractivity contribution is 0.475. The molecule has 0 saturated carbocycles. The van der Waals surface area contributed by atoms with Crippen LogP contribution in [-0.4, -0.2) is 5.11 Å². The van der Waals surface area contributed by atoms with Crippen molar-refractivity contribution in [3.8, 4) is 5.75 Å². The predicted molar refractivity (Wildman–Crippen MR) is 90.1 cm³/mol. The standard InChI is InChI=1S/C19H25NO/c1-13(2)17-6-5-7-18(14(3)4)19(17)20-12-15-8-10-16(21)11-9-15/h5-11,13-14,20-21H,12H2,1-4H3. The summed E-state index contributed by atoms with van der Waals surface area (Å²) in [6, 6.07) is 13.9. The maximum atomic E-state index is 9.36. The molecule has 0 amide bonds. The van der Waals surface area contributed by atoms with E-state index in [0.29, 0.717) is 17.6 Å². The third kappa shape index (κ3) is 3.78. The first-order valence-corrected chi connectivity index (χ1v) is 7.63. The molecule has 0 aliphatic carbocycles. The van der Waals surface area contributed by atoms with Crippen LogP contribution in [0.3, 0.4) is 0 Å². The number of hydrogen-bond donors (Lipinski definition) is 2. The van der Waals surface area contributed by atoms with E-state index < -0.39 is 0 Å². The topological polar surface area (TPSA) is 32.3 Å². The number of aromatic hydroxyl groups is 1. The second-order valence-electron chi connectivity index (χ2n) is 6.14. The van der Waals surface area contributed by atoms with Gasteiger partial charge in [-0.3, -0.25) is 0 Å². The number of hydrogen-bond acceptors (Lipinski definition) is 2. The van der Waals surface area contributed by atoms with Gasteiger partial charge in [-0.2, -0.15) is 0 Å². The second kappa shape index (κ2) is 6.66. The average Bonchev–Trinajstić information content (AvgIpc) is 2.46. The number of anilines is 1. The fourth-order valence-corrected chi connectivity index (χ4v) is 2.56. The van der Waals surface area contributed by atoms with E-state index in [0.717, 1.165) is 6.54 Å². The fraction of sp³-hybridized carbons (Fsp3) is 0.368. The number of benzene rings is 2. The summed E-state index contributed by atoms with van der Waals surface area (Å²) in [4.78, 5) is 0. The zero-order valence-electron chi connectivity index (χ0n) is 13.4. The van der Waals surface area contributed by atoms with Gasteiger partial charge >= 0.3 is 0 Å². The molecule has 0 aliphatic heterocycles. The lowest BCUT2D eigenvalue weighted by Gasteiger charge is -2.21. The predicted octanol–water partition coefficient (Wildman–Crippen LogP) is 5.25. The van der Waals surface area contributed by atoms with E-state index in [-0.39, 0.29) is 0 Å². The van der Waals surface area contributed by atoms with Gasteiger partial charge in [0.05, 0.1) is 0 Å².